The third-order valence-electron chi connectivity index (χ3n) is 4.85. The van der Waals surface area contributed by atoms with Crippen molar-refractivity contribution in [3.8, 4) is 11.5 Å². The summed E-state index contributed by atoms with van der Waals surface area (Å²) in [5.74, 6) is 1.35. The summed E-state index contributed by atoms with van der Waals surface area (Å²) in [6.45, 7) is 3.97. The van der Waals surface area contributed by atoms with E-state index in [1.54, 1.807) is 24.5 Å². The van der Waals surface area contributed by atoms with Crippen molar-refractivity contribution in [3.05, 3.63) is 117 Å². The summed E-state index contributed by atoms with van der Waals surface area (Å²) in [7, 11) is -3.11. The number of hydrogen-bond donors (Lipinski definition) is 0. The molecule has 0 unspecified atom stereocenters. The van der Waals surface area contributed by atoms with Gasteiger partial charge in [0.1, 0.15) is 17.8 Å². The van der Waals surface area contributed by atoms with Crippen LogP contribution in [0.4, 0.5) is 0 Å². The molecule has 0 saturated carbocycles. The second-order valence-corrected chi connectivity index (χ2v) is 9.44. The Morgan fingerprint density at radius 1 is 0.757 bits per heavy atom. The van der Waals surface area contributed by atoms with E-state index in [4.69, 9.17) is 52.2 Å². The normalized spacial score (nSPS) is 9.86. The Morgan fingerprint density at radius 2 is 1.35 bits per heavy atom. The van der Waals surface area contributed by atoms with Crippen LogP contribution in [0.15, 0.2) is 79.1 Å². The topological polar surface area (TPSA) is 86.2 Å². The summed E-state index contributed by atoms with van der Waals surface area (Å²) in [5.41, 5.74) is 4.27. The number of aryl methyl sites for hydroxylation is 4. The minimum atomic E-state index is -3.11. The number of benzene rings is 3. The maximum atomic E-state index is 8.44. The van der Waals surface area contributed by atoms with Crippen molar-refractivity contribution in [1.29, 1.82) is 0 Å². The van der Waals surface area contributed by atoms with E-state index in [1.807, 2.05) is 49.4 Å². The molecule has 4 aromatic rings. The van der Waals surface area contributed by atoms with Crippen LogP contribution in [0.2, 0.25) is 15.1 Å². The highest BCUT2D eigenvalue weighted by Crippen LogP contribution is 2.28. The third kappa shape index (κ3) is 12.2. The molecule has 194 valence electrons. The Balaban J connectivity index is 0.000000363. The lowest BCUT2D eigenvalue weighted by Crippen LogP contribution is -1.97. The average Bonchev–Trinajstić information content (AvgIpc) is 2.83. The maximum absolute atomic E-state index is 8.44. The van der Waals surface area contributed by atoms with Crippen LogP contribution in [-0.2, 0) is 23.5 Å². The summed E-state index contributed by atoms with van der Waals surface area (Å²) < 4.78 is 31.1. The molecule has 10 heteroatoms. The molecule has 1 aromatic heterocycles. The highest BCUT2D eigenvalue weighted by molar-refractivity contribution is 7.59. The fourth-order valence-corrected chi connectivity index (χ4v) is 3.82. The van der Waals surface area contributed by atoms with E-state index in [2.05, 4.69) is 29.0 Å². The van der Waals surface area contributed by atoms with Crippen LogP contribution >= 0.6 is 34.8 Å². The molecule has 0 bridgehead atoms. The van der Waals surface area contributed by atoms with Crippen molar-refractivity contribution >= 4 is 45.4 Å². The average molecular weight is 580 g/mol. The molecule has 0 amide bonds. The van der Waals surface area contributed by atoms with E-state index in [9.17, 15) is 0 Å². The standard InChI is InChI=1S/C20H17Cl3N2O.C7H8.O3S/c1-13-20(23)19(25-12-24-13)4-2-3-14-5-7-17(8-6-14)26-18-10-15(21)9-16(22)11-18;1-7-5-3-2-4-6-7;1-4(2)3/h5-12H,2-4H2,1H3;2-6H,1H3;. The van der Waals surface area contributed by atoms with E-state index < -0.39 is 10.6 Å². The van der Waals surface area contributed by atoms with Crippen molar-refractivity contribution in [2.45, 2.75) is 33.1 Å². The first-order chi connectivity index (χ1) is 17.6. The molecule has 0 spiro atoms. The lowest BCUT2D eigenvalue weighted by molar-refractivity contribution is 0.482. The maximum Gasteiger partial charge on any atom is 0.425 e. The minimum absolute atomic E-state index is 0.544. The van der Waals surface area contributed by atoms with Gasteiger partial charge < -0.3 is 4.74 Å². The van der Waals surface area contributed by atoms with Crippen LogP contribution in [-0.4, -0.2) is 22.6 Å². The Kier molecular flexibility index (Phi) is 13.1. The molecule has 4 rings (SSSR count). The Labute approximate surface area is 233 Å². The lowest BCUT2D eigenvalue weighted by atomic mass is 10.1. The molecule has 0 aliphatic rings. The van der Waals surface area contributed by atoms with Crippen molar-refractivity contribution in [1.82, 2.24) is 9.97 Å². The van der Waals surface area contributed by atoms with Gasteiger partial charge in [-0.25, -0.2) is 9.97 Å². The van der Waals surface area contributed by atoms with Crippen LogP contribution in [0.1, 0.15) is 28.9 Å². The van der Waals surface area contributed by atoms with Crippen LogP contribution in [0, 0.1) is 13.8 Å². The van der Waals surface area contributed by atoms with Gasteiger partial charge in [0.2, 0.25) is 0 Å². The quantitative estimate of drug-likeness (QED) is 0.233. The first-order valence-electron chi connectivity index (χ1n) is 11.1. The van der Waals surface area contributed by atoms with Gasteiger partial charge in [-0.15, -0.1) is 12.6 Å². The summed E-state index contributed by atoms with van der Waals surface area (Å²) >= 11 is 18.2. The number of ether oxygens (including phenoxy) is 1. The fraction of sp³-hybridized carbons (Fsp3) is 0.185. The Hall–Kier alpha value is -2.97. The zero-order chi connectivity index (χ0) is 27.2. The molecular formula is C27H25Cl3N2O4S. The first kappa shape index (κ1) is 30.3. The largest absolute Gasteiger partial charge is 0.457 e. The van der Waals surface area contributed by atoms with Gasteiger partial charge in [-0.1, -0.05) is 82.8 Å². The van der Waals surface area contributed by atoms with E-state index in [0.29, 0.717) is 20.8 Å². The third-order valence-corrected chi connectivity index (χ3v) is 5.78. The van der Waals surface area contributed by atoms with Gasteiger partial charge in [0.05, 0.1) is 16.4 Å². The van der Waals surface area contributed by atoms with E-state index in [1.165, 1.54) is 11.1 Å². The monoisotopic (exact) mass is 578 g/mol. The van der Waals surface area contributed by atoms with Gasteiger partial charge in [-0.05, 0) is 69.0 Å². The van der Waals surface area contributed by atoms with Crippen LogP contribution in [0.5, 0.6) is 11.5 Å². The Morgan fingerprint density at radius 3 is 1.89 bits per heavy atom. The minimum Gasteiger partial charge on any atom is -0.457 e. The van der Waals surface area contributed by atoms with E-state index in [0.717, 1.165) is 36.4 Å². The summed E-state index contributed by atoms with van der Waals surface area (Å²) in [6.07, 6.45) is 4.27. The molecule has 0 radical (unpaired) electrons. The molecule has 0 aliphatic carbocycles. The summed E-state index contributed by atoms with van der Waals surface area (Å²) in [5, 5.41) is 1.75. The van der Waals surface area contributed by atoms with Crippen molar-refractivity contribution in [2.75, 3.05) is 0 Å². The lowest BCUT2D eigenvalue weighted by Gasteiger charge is -2.08. The van der Waals surface area contributed by atoms with E-state index >= 15 is 0 Å². The molecule has 37 heavy (non-hydrogen) atoms. The van der Waals surface area contributed by atoms with Crippen LogP contribution in [0.25, 0.3) is 0 Å². The predicted molar refractivity (Wildman–Crippen MR) is 148 cm³/mol. The second kappa shape index (κ2) is 16.0. The zero-order valence-electron chi connectivity index (χ0n) is 20.2. The summed E-state index contributed by atoms with van der Waals surface area (Å²) in [6, 6.07) is 23.4. The molecule has 6 nitrogen and oxygen atoms in total. The van der Waals surface area contributed by atoms with Gasteiger partial charge in [0, 0.05) is 10.0 Å². The molecule has 0 N–H and O–H groups in total. The molecule has 0 saturated heterocycles. The number of aromatic nitrogens is 2. The van der Waals surface area contributed by atoms with Crippen molar-refractivity contribution < 1.29 is 17.4 Å². The number of rotatable bonds is 6. The first-order valence-corrected chi connectivity index (χ1v) is 13.2. The van der Waals surface area contributed by atoms with E-state index in [-0.39, 0.29) is 0 Å². The van der Waals surface area contributed by atoms with Gasteiger partial charge in [-0.2, -0.15) is 0 Å². The molecule has 3 aromatic carbocycles. The van der Waals surface area contributed by atoms with Gasteiger partial charge in [0.25, 0.3) is 0 Å². The van der Waals surface area contributed by atoms with Gasteiger partial charge >= 0.3 is 10.6 Å². The molecule has 0 aliphatic heterocycles. The smallest absolute Gasteiger partial charge is 0.425 e. The van der Waals surface area contributed by atoms with Gasteiger partial charge in [0.15, 0.2) is 0 Å². The van der Waals surface area contributed by atoms with Gasteiger partial charge in [-0.3, -0.25) is 0 Å². The molecule has 0 fully saturated rings. The molecule has 1 heterocycles. The highest BCUT2D eigenvalue weighted by Gasteiger charge is 2.06. The molecular weight excluding hydrogens is 555 g/mol. The number of halogens is 3. The van der Waals surface area contributed by atoms with Crippen LogP contribution in [0.3, 0.4) is 0 Å². The second-order valence-electron chi connectivity index (χ2n) is 7.78. The number of hydrogen-bond acceptors (Lipinski definition) is 6. The highest BCUT2D eigenvalue weighted by atomic mass is 35.5. The Bertz CT molecular complexity index is 1360. The van der Waals surface area contributed by atoms with Crippen LogP contribution < -0.4 is 4.74 Å². The molecule has 0 atom stereocenters. The number of nitrogens with zero attached hydrogens (tertiary/aromatic N) is 2. The summed E-state index contributed by atoms with van der Waals surface area (Å²) in [4.78, 5) is 8.35. The van der Waals surface area contributed by atoms with Crippen molar-refractivity contribution in [2.24, 2.45) is 0 Å². The predicted octanol–water partition coefficient (Wildman–Crippen LogP) is 7.70. The zero-order valence-corrected chi connectivity index (χ0v) is 23.3. The fourth-order valence-electron chi connectivity index (χ4n) is 3.12. The van der Waals surface area contributed by atoms with Crippen molar-refractivity contribution in [3.63, 3.8) is 0 Å². The SMILES string of the molecule is Cc1ccccc1.Cc1ncnc(CCCc2ccc(Oc3cc(Cl)cc(Cl)c3)cc2)c1Cl.O=S(=O)=O.